The van der Waals surface area contributed by atoms with Crippen LogP contribution in [0.3, 0.4) is 0 Å². The summed E-state index contributed by atoms with van der Waals surface area (Å²) in [6.45, 7) is 4.88. The zero-order chi connectivity index (χ0) is 14.3. The van der Waals surface area contributed by atoms with Gasteiger partial charge in [-0.25, -0.2) is 8.42 Å². The van der Waals surface area contributed by atoms with Crippen molar-refractivity contribution in [2.24, 2.45) is 5.41 Å². The second kappa shape index (κ2) is 4.56. The SMILES string of the molecule is CC1(C)CC=C(c2ccc(N)c(S(C)(=O)=O)c2)OC1. The smallest absolute Gasteiger partial charge is 0.177 e. The maximum absolute atomic E-state index is 11.7. The summed E-state index contributed by atoms with van der Waals surface area (Å²) in [7, 11) is -3.33. The van der Waals surface area contributed by atoms with E-state index < -0.39 is 9.84 Å². The highest BCUT2D eigenvalue weighted by molar-refractivity contribution is 7.90. The Morgan fingerprint density at radius 1 is 1.32 bits per heavy atom. The first-order chi connectivity index (χ1) is 8.69. The van der Waals surface area contributed by atoms with E-state index in [0.717, 1.165) is 24.0 Å². The highest BCUT2D eigenvalue weighted by atomic mass is 32.2. The van der Waals surface area contributed by atoms with Gasteiger partial charge < -0.3 is 10.5 Å². The standard InChI is InChI=1S/C14H19NO3S/c1-14(2)7-6-12(18-9-14)10-4-5-11(15)13(8-10)19(3,16)17/h4-6,8H,7,9,15H2,1-3H3. The maximum Gasteiger partial charge on any atom is 0.177 e. The molecule has 19 heavy (non-hydrogen) atoms. The number of nitrogens with two attached hydrogens (primary N) is 1. The number of nitrogen functional groups attached to an aromatic ring is 1. The van der Waals surface area contributed by atoms with Gasteiger partial charge in [0.25, 0.3) is 0 Å². The van der Waals surface area contributed by atoms with Gasteiger partial charge in [-0.05, 0) is 30.7 Å². The molecule has 0 radical (unpaired) electrons. The monoisotopic (exact) mass is 281 g/mol. The first-order valence-electron chi connectivity index (χ1n) is 6.12. The van der Waals surface area contributed by atoms with Crippen LogP contribution >= 0.6 is 0 Å². The molecule has 0 atom stereocenters. The average molecular weight is 281 g/mol. The van der Waals surface area contributed by atoms with E-state index in [0.29, 0.717) is 6.61 Å². The minimum Gasteiger partial charge on any atom is -0.493 e. The molecule has 0 aliphatic carbocycles. The fourth-order valence-corrected chi connectivity index (χ4v) is 2.81. The van der Waals surface area contributed by atoms with Crippen molar-refractivity contribution in [1.29, 1.82) is 0 Å². The molecule has 104 valence electrons. The average Bonchev–Trinajstić information content (AvgIpc) is 2.28. The lowest BCUT2D eigenvalue weighted by Gasteiger charge is -2.29. The van der Waals surface area contributed by atoms with E-state index in [-0.39, 0.29) is 16.0 Å². The van der Waals surface area contributed by atoms with E-state index in [4.69, 9.17) is 10.5 Å². The molecule has 0 fully saturated rings. The fourth-order valence-electron chi connectivity index (χ4n) is 1.97. The molecule has 4 nitrogen and oxygen atoms in total. The first-order valence-corrected chi connectivity index (χ1v) is 8.01. The molecule has 0 bridgehead atoms. The van der Waals surface area contributed by atoms with Gasteiger partial charge in [-0.1, -0.05) is 13.8 Å². The van der Waals surface area contributed by atoms with E-state index in [9.17, 15) is 8.42 Å². The molecular weight excluding hydrogens is 262 g/mol. The lowest BCUT2D eigenvalue weighted by Crippen LogP contribution is -2.22. The van der Waals surface area contributed by atoms with Gasteiger partial charge in [0, 0.05) is 17.2 Å². The second-order valence-electron chi connectivity index (χ2n) is 5.75. The number of benzene rings is 1. The summed E-state index contributed by atoms with van der Waals surface area (Å²) in [5.41, 5.74) is 6.85. The van der Waals surface area contributed by atoms with Crippen molar-refractivity contribution in [3.05, 3.63) is 29.8 Å². The van der Waals surface area contributed by atoms with E-state index in [1.807, 2.05) is 6.08 Å². The van der Waals surface area contributed by atoms with Gasteiger partial charge >= 0.3 is 0 Å². The third kappa shape index (κ3) is 3.10. The number of hydrogen-bond acceptors (Lipinski definition) is 4. The summed E-state index contributed by atoms with van der Waals surface area (Å²) < 4.78 is 29.0. The molecule has 1 heterocycles. The molecule has 0 unspecified atom stereocenters. The second-order valence-corrected chi connectivity index (χ2v) is 7.73. The number of anilines is 1. The number of sulfone groups is 1. The van der Waals surface area contributed by atoms with Gasteiger partial charge in [-0.2, -0.15) is 0 Å². The minimum absolute atomic E-state index is 0.122. The lowest BCUT2D eigenvalue weighted by atomic mass is 9.88. The molecule has 1 aromatic carbocycles. The van der Waals surface area contributed by atoms with Crippen LogP contribution in [0.1, 0.15) is 25.8 Å². The van der Waals surface area contributed by atoms with Crippen molar-refractivity contribution in [3.8, 4) is 0 Å². The van der Waals surface area contributed by atoms with Crippen molar-refractivity contribution in [2.45, 2.75) is 25.2 Å². The van der Waals surface area contributed by atoms with Crippen LogP contribution in [-0.4, -0.2) is 21.3 Å². The topological polar surface area (TPSA) is 69.4 Å². The number of rotatable bonds is 2. The van der Waals surface area contributed by atoms with Gasteiger partial charge in [0.05, 0.1) is 17.2 Å². The lowest BCUT2D eigenvalue weighted by molar-refractivity contribution is 0.139. The zero-order valence-corrected chi connectivity index (χ0v) is 12.3. The molecule has 1 aromatic rings. The van der Waals surface area contributed by atoms with Gasteiger partial charge in [-0.15, -0.1) is 0 Å². The number of ether oxygens (including phenoxy) is 1. The van der Waals surface area contributed by atoms with Gasteiger partial charge in [0.2, 0.25) is 0 Å². The quantitative estimate of drug-likeness (QED) is 0.845. The molecule has 2 rings (SSSR count). The summed E-state index contributed by atoms with van der Waals surface area (Å²) >= 11 is 0. The molecule has 0 aromatic heterocycles. The number of allylic oxidation sites excluding steroid dienone is 1. The molecule has 2 N–H and O–H groups in total. The predicted molar refractivity (Wildman–Crippen MR) is 76.3 cm³/mol. The van der Waals surface area contributed by atoms with Crippen LogP contribution in [-0.2, 0) is 14.6 Å². The Morgan fingerprint density at radius 3 is 2.53 bits per heavy atom. The van der Waals surface area contributed by atoms with Crippen LogP contribution in [0, 0.1) is 5.41 Å². The molecule has 0 saturated heterocycles. The van der Waals surface area contributed by atoms with Gasteiger partial charge in [0.1, 0.15) is 5.76 Å². The molecular formula is C14H19NO3S. The molecule has 0 amide bonds. The zero-order valence-electron chi connectivity index (χ0n) is 11.4. The highest BCUT2D eigenvalue weighted by Crippen LogP contribution is 2.33. The van der Waals surface area contributed by atoms with Crippen LogP contribution in [0.4, 0.5) is 5.69 Å². The normalized spacial score (nSPS) is 18.6. The Bertz CT molecular complexity index is 630. The van der Waals surface area contributed by atoms with Crippen LogP contribution in [0.25, 0.3) is 5.76 Å². The fraction of sp³-hybridized carbons (Fsp3) is 0.429. The van der Waals surface area contributed by atoms with Crippen LogP contribution in [0.5, 0.6) is 0 Å². The molecule has 5 heteroatoms. The Hall–Kier alpha value is -1.49. The van der Waals surface area contributed by atoms with Gasteiger partial charge in [0.15, 0.2) is 9.84 Å². The summed E-state index contributed by atoms with van der Waals surface area (Å²) in [4.78, 5) is 0.152. The van der Waals surface area contributed by atoms with Crippen molar-refractivity contribution in [1.82, 2.24) is 0 Å². The molecule has 0 saturated carbocycles. The Morgan fingerprint density at radius 2 is 2.00 bits per heavy atom. The van der Waals surface area contributed by atoms with Crippen LogP contribution in [0.15, 0.2) is 29.2 Å². The molecule has 1 aliphatic heterocycles. The minimum atomic E-state index is -3.33. The summed E-state index contributed by atoms with van der Waals surface area (Å²) in [6, 6.07) is 4.97. The Kier molecular flexibility index (Phi) is 3.34. The molecule has 1 aliphatic rings. The Balaban J connectivity index is 2.41. The van der Waals surface area contributed by atoms with E-state index >= 15 is 0 Å². The Labute approximate surface area is 114 Å². The van der Waals surface area contributed by atoms with E-state index in [2.05, 4.69) is 13.8 Å². The first kappa shape index (κ1) is 13.9. The summed E-state index contributed by atoms with van der Waals surface area (Å²) in [5, 5.41) is 0. The highest BCUT2D eigenvalue weighted by Gasteiger charge is 2.24. The van der Waals surface area contributed by atoms with Crippen LogP contribution < -0.4 is 5.73 Å². The van der Waals surface area contributed by atoms with Crippen LogP contribution in [0.2, 0.25) is 0 Å². The van der Waals surface area contributed by atoms with Crippen molar-refractivity contribution < 1.29 is 13.2 Å². The van der Waals surface area contributed by atoms with E-state index in [1.165, 1.54) is 0 Å². The largest absolute Gasteiger partial charge is 0.493 e. The molecule has 0 spiro atoms. The third-order valence-corrected chi connectivity index (χ3v) is 4.31. The maximum atomic E-state index is 11.7. The van der Waals surface area contributed by atoms with Crippen molar-refractivity contribution >= 4 is 21.3 Å². The number of hydrogen-bond donors (Lipinski definition) is 1. The van der Waals surface area contributed by atoms with Gasteiger partial charge in [-0.3, -0.25) is 0 Å². The van der Waals surface area contributed by atoms with Crippen molar-refractivity contribution in [2.75, 3.05) is 18.6 Å². The van der Waals surface area contributed by atoms with E-state index in [1.54, 1.807) is 18.2 Å². The van der Waals surface area contributed by atoms with Crippen molar-refractivity contribution in [3.63, 3.8) is 0 Å². The predicted octanol–water partition coefficient (Wildman–Crippen LogP) is 2.46. The summed E-state index contributed by atoms with van der Waals surface area (Å²) in [6.07, 6.45) is 4.06. The summed E-state index contributed by atoms with van der Waals surface area (Å²) in [5.74, 6) is 0.726. The third-order valence-electron chi connectivity index (χ3n) is 3.16.